The molecule has 1 rings (SSSR count). The minimum Gasteiger partial charge on any atom is -0.383 e. The maximum absolute atomic E-state index is 6.20. The number of rotatable bonds is 7. The van der Waals surface area contributed by atoms with E-state index in [2.05, 4.69) is 37.4 Å². The van der Waals surface area contributed by atoms with Crippen LogP contribution in [0.1, 0.15) is 40.0 Å². The number of hydrogen-bond acceptors (Lipinski definition) is 4. The lowest BCUT2D eigenvalue weighted by atomic mass is 9.86. The molecule has 3 unspecified atom stereocenters. The maximum atomic E-state index is 6.20. The van der Waals surface area contributed by atoms with Gasteiger partial charge in [-0.05, 0) is 31.9 Å². The summed E-state index contributed by atoms with van der Waals surface area (Å²) >= 11 is 2.08. The molecule has 3 nitrogen and oxygen atoms in total. The first-order valence-electron chi connectivity index (χ1n) is 7.19. The van der Waals surface area contributed by atoms with Gasteiger partial charge < -0.3 is 10.5 Å². The molecule has 0 aromatic heterocycles. The van der Waals surface area contributed by atoms with Gasteiger partial charge in [-0.3, -0.25) is 4.90 Å². The normalized spacial score (nSPS) is 30.7. The van der Waals surface area contributed by atoms with Gasteiger partial charge >= 0.3 is 0 Å². The van der Waals surface area contributed by atoms with Crippen molar-refractivity contribution in [3.8, 4) is 0 Å². The third-order valence-electron chi connectivity index (χ3n) is 4.46. The molecule has 1 saturated heterocycles. The molecule has 1 aliphatic rings. The summed E-state index contributed by atoms with van der Waals surface area (Å²) in [6.07, 6.45) is 3.68. The summed E-state index contributed by atoms with van der Waals surface area (Å²) in [5.74, 6) is 1.28. The van der Waals surface area contributed by atoms with Crippen LogP contribution in [0.25, 0.3) is 0 Å². The Hall–Kier alpha value is 0.230. The second-order valence-corrected chi connectivity index (χ2v) is 6.82. The van der Waals surface area contributed by atoms with Crippen molar-refractivity contribution in [3.05, 3.63) is 0 Å². The van der Waals surface area contributed by atoms with Gasteiger partial charge in [-0.15, -0.1) is 0 Å². The van der Waals surface area contributed by atoms with Gasteiger partial charge in [-0.1, -0.05) is 13.8 Å². The summed E-state index contributed by atoms with van der Waals surface area (Å²) in [5.41, 5.74) is 6.36. The Morgan fingerprint density at radius 1 is 1.56 bits per heavy atom. The molecule has 1 aliphatic heterocycles. The van der Waals surface area contributed by atoms with Gasteiger partial charge in [0.2, 0.25) is 0 Å². The Labute approximate surface area is 117 Å². The molecule has 3 atom stereocenters. The van der Waals surface area contributed by atoms with Crippen LogP contribution in [0, 0.1) is 0 Å². The molecule has 0 saturated carbocycles. The highest BCUT2D eigenvalue weighted by Crippen LogP contribution is 2.39. The topological polar surface area (TPSA) is 38.5 Å². The molecule has 2 N–H and O–H groups in total. The third-order valence-corrected chi connectivity index (χ3v) is 5.93. The molecule has 4 heteroatoms. The van der Waals surface area contributed by atoms with Crippen LogP contribution in [0.5, 0.6) is 0 Å². The third kappa shape index (κ3) is 3.41. The van der Waals surface area contributed by atoms with E-state index in [9.17, 15) is 0 Å². The minimum absolute atomic E-state index is 0.164. The van der Waals surface area contributed by atoms with E-state index in [4.69, 9.17) is 10.5 Å². The van der Waals surface area contributed by atoms with Crippen molar-refractivity contribution < 1.29 is 4.74 Å². The van der Waals surface area contributed by atoms with Crippen molar-refractivity contribution in [2.75, 3.05) is 32.6 Å². The lowest BCUT2D eigenvalue weighted by Gasteiger charge is -2.52. The Morgan fingerprint density at radius 3 is 2.78 bits per heavy atom. The molecule has 0 amide bonds. The molecule has 108 valence electrons. The lowest BCUT2D eigenvalue weighted by molar-refractivity contribution is 0.0199. The van der Waals surface area contributed by atoms with Crippen molar-refractivity contribution >= 4 is 11.8 Å². The average molecular weight is 274 g/mol. The van der Waals surface area contributed by atoms with E-state index in [-0.39, 0.29) is 5.54 Å². The van der Waals surface area contributed by atoms with Gasteiger partial charge in [0.15, 0.2) is 0 Å². The molecule has 1 heterocycles. The number of methoxy groups -OCH3 is 1. The highest BCUT2D eigenvalue weighted by atomic mass is 32.2. The summed E-state index contributed by atoms with van der Waals surface area (Å²) in [4.78, 5) is 2.62. The zero-order valence-corrected chi connectivity index (χ0v) is 13.3. The lowest BCUT2D eigenvalue weighted by Crippen LogP contribution is -2.63. The molecular formula is C14H30N2OS. The van der Waals surface area contributed by atoms with Crippen LogP contribution in [0.15, 0.2) is 0 Å². The van der Waals surface area contributed by atoms with Gasteiger partial charge in [0, 0.05) is 37.0 Å². The fourth-order valence-corrected chi connectivity index (χ4v) is 4.38. The number of nitrogens with zero attached hydrogens (tertiary/aromatic N) is 1. The van der Waals surface area contributed by atoms with Crippen LogP contribution in [-0.2, 0) is 4.74 Å². The van der Waals surface area contributed by atoms with Crippen LogP contribution >= 0.6 is 11.8 Å². The molecule has 0 aromatic rings. The Balaban J connectivity index is 2.89. The van der Waals surface area contributed by atoms with Crippen LogP contribution in [0.2, 0.25) is 0 Å². The number of ether oxygens (including phenoxy) is 1. The van der Waals surface area contributed by atoms with Crippen molar-refractivity contribution in [2.45, 2.75) is 56.9 Å². The van der Waals surface area contributed by atoms with Crippen LogP contribution < -0.4 is 5.73 Å². The molecular weight excluding hydrogens is 244 g/mol. The fourth-order valence-electron chi connectivity index (χ4n) is 3.05. The van der Waals surface area contributed by atoms with E-state index in [1.165, 1.54) is 25.0 Å². The summed E-state index contributed by atoms with van der Waals surface area (Å²) in [6.45, 7) is 9.47. The molecule has 1 fully saturated rings. The van der Waals surface area contributed by atoms with Crippen LogP contribution in [0.3, 0.4) is 0 Å². The second-order valence-electron chi connectivity index (χ2n) is 5.37. The monoisotopic (exact) mass is 274 g/mol. The number of hydrogen-bond donors (Lipinski definition) is 1. The van der Waals surface area contributed by atoms with Crippen molar-refractivity contribution in [3.63, 3.8) is 0 Å². The zero-order chi connectivity index (χ0) is 13.6. The molecule has 0 bridgehead atoms. The van der Waals surface area contributed by atoms with E-state index in [0.29, 0.717) is 11.3 Å². The SMILES string of the molecule is CCC(C)N(CCOC)C1(CN)CCCSC1C. The van der Waals surface area contributed by atoms with Crippen LogP contribution in [-0.4, -0.2) is 54.3 Å². The molecule has 18 heavy (non-hydrogen) atoms. The van der Waals surface area contributed by atoms with E-state index in [1.807, 2.05) is 0 Å². The van der Waals surface area contributed by atoms with Crippen molar-refractivity contribution in [2.24, 2.45) is 5.73 Å². The smallest absolute Gasteiger partial charge is 0.0590 e. The summed E-state index contributed by atoms with van der Waals surface area (Å²) in [7, 11) is 1.78. The maximum Gasteiger partial charge on any atom is 0.0590 e. The van der Waals surface area contributed by atoms with Gasteiger partial charge in [0.25, 0.3) is 0 Å². The van der Waals surface area contributed by atoms with Gasteiger partial charge in [0.05, 0.1) is 6.61 Å². The number of thioether (sulfide) groups is 1. The summed E-state index contributed by atoms with van der Waals surface area (Å²) in [5, 5.41) is 0.613. The molecule has 0 aliphatic carbocycles. The fraction of sp³-hybridized carbons (Fsp3) is 1.00. The summed E-state index contributed by atoms with van der Waals surface area (Å²) < 4.78 is 5.29. The highest BCUT2D eigenvalue weighted by Gasteiger charge is 2.43. The average Bonchev–Trinajstić information content (AvgIpc) is 2.40. The summed E-state index contributed by atoms with van der Waals surface area (Å²) in [6, 6.07) is 0.574. The first-order valence-corrected chi connectivity index (χ1v) is 8.24. The van der Waals surface area contributed by atoms with Crippen LogP contribution in [0.4, 0.5) is 0 Å². The van der Waals surface area contributed by atoms with E-state index in [1.54, 1.807) is 7.11 Å². The first-order chi connectivity index (χ1) is 8.62. The molecule has 0 spiro atoms. The predicted octanol–water partition coefficient (Wildman–Crippen LogP) is 2.35. The highest BCUT2D eigenvalue weighted by molar-refractivity contribution is 8.00. The van der Waals surface area contributed by atoms with E-state index in [0.717, 1.165) is 19.7 Å². The predicted molar refractivity (Wildman–Crippen MR) is 81.3 cm³/mol. The zero-order valence-electron chi connectivity index (χ0n) is 12.4. The first kappa shape index (κ1) is 16.3. The van der Waals surface area contributed by atoms with E-state index < -0.39 is 0 Å². The van der Waals surface area contributed by atoms with Gasteiger partial charge in [-0.2, -0.15) is 11.8 Å². The Bertz CT molecular complexity index is 240. The quantitative estimate of drug-likeness (QED) is 0.773. The minimum atomic E-state index is 0.164. The Morgan fingerprint density at radius 2 is 2.28 bits per heavy atom. The largest absolute Gasteiger partial charge is 0.383 e. The second kappa shape index (κ2) is 7.73. The van der Waals surface area contributed by atoms with Crippen molar-refractivity contribution in [1.29, 1.82) is 0 Å². The number of nitrogens with two attached hydrogens (primary N) is 1. The van der Waals surface area contributed by atoms with Crippen molar-refractivity contribution in [1.82, 2.24) is 4.90 Å². The van der Waals surface area contributed by atoms with E-state index >= 15 is 0 Å². The molecule has 0 aromatic carbocycles. The van der Waals surface area contributed by atoms with Gasteiger partial charge in [0.1, 0.15) is 0 Å². The Kier molecular flexibility index (Phi) is 6.99. The van der Waals surface area contributed by atoms with Gasteiger partial charge in [-0.25, -0.2) is 0 Å². The standard InChI is InChI=1S/C14H30N2OS/c1-5-12(2)16(8-9-17-4)14(11-15)7-6-10-18-13(14)3/h12-13H,5-11,15H2,1-4H3. The molecule has 0 radical (unpaired) electrons.